The molecule has 0 aliphatic heterocycles. The van der Waals surface area contributed by atoms with E-state index in [1.54, 1.807) is 0 Å². The third-order valence-corrected chi connectivity index (χ3v) is 3.16. The Balaban J connectivity index is 2.47. The van der Waals surface area contributed by atoms with Crippen molar-refractivity contribution in [1.29, 1.82) is 5.26 Å². The molecule has 1 saturated carbocycles. The van der Waals surface area contributed by atoms with Gasteiger partial charge in [-0.15, -0.1) is 0 Å². The molecule has 0 atom stereocenters. The van der Waals surface area contributed by atoms with Gasteiger partial charge < -0.3 is 4.74 Å². The molecule has 0 unspecified atom stereocenters. The smallest absolute Gasteiger partial charge is 0.0807 e. The highest BCUT2D eigenvalue weighted by Crippen LogP contribution is 2.38. The lowest BCUT2D eigenvalue weighted by Gasteiger charge is -2.33. The molecule has 14 heavy (non-hydrogen) atoms. The van der Waals surface area contributed by atoms with Gasteiger partial charge in [-0.2, -0.15) is 5.26 Å². The maximum Gasteiger partial charge on any atom is 0.0807 e. The van der Waals surface area contributed by atoms with Crippen LogP contribution in [0.2, 0.25) is 0 Å². The van der Waals surface area contributed by atoms with Crippen LogP contribution in [0.3, 0.4) is 0 Å². The first-order chi connectivity index (χ1) is 6.58. The van der Waals surface area contributed by atoms with E-state index < -0.39 is 0 Å². The third kappa shape index (κ3) is 2.99. The van der Waals surface area contributed by atoms with Gasteiger partial charge in [-0.1, -0.05) is 6.92 Å². The van der Waals surface area contributed by atoms with E-state index >= 15 is 0 Å². The van der Waals surface area contributed by atoms with Crippen LogP contribution in [0.25, 0.3) is 0 Å². The van der Waals surface area contributed by atoms with E-state index in [9.17, 15) is 5.26 Å². The molecule has 2 nitrogen and oxygen atoms in total. The van der Waals surface area contributed by atoms with Crippen LogP contribution in [-0.2, 0) is 4.74 Å². The zero-order valence-electron chi connectivity index (χ0n) is 9.55. The third-order valence-electron chi connectivity index (χ3n) is 3.16. The number of nitrogens with zero attached hydrogens (tertiary/aromatic N) is 1. The highest BCUT2D eigenvalue weighted by Gasteiger charge is 2.34. The Morgan fingerprint density at radius 3 is 2.43 bits per heavy atom. The average molecular weight is 195 g/mol. The highest BCUT2D eigenvalue weighted by molar-refractivity contribution is 5.01. The Hall–Kier alpha value is -0.550. The van der Waals surface area contributed by atoms with Crippen LogP contribution in [-0.4, -0.2) is 12.7 Å². The summed E-state index contributed by atoms with van der Waals surface area (Å²) in [5.74, 6) is 0.788. The zero-order valence-corrected chi connectivity index (χ0v) is 9.55. The number of hydrogen-bond acceptors (Lipinski definition) is 2. The summed E-state index contributed by atoms with van der Waals surface area (Å²) in [7, 11) is 0. The second kappa shape index (κ2) is 4.79. The first-order valence-electron chi connectivity index (χ1n) is 5.61. The van der Waals surface area contributed by atoms with Crippen LogP contribution in [0.5, 0.6) is 0 Å². The molecule has 1 aliphatic rings. The molecule has 0 aromatic rings. The molecule has 0 heterocycles. The standard InChI is InChI=1S/C12H21NO/c1-10(2)14-9-12(8-13)6-4-11(3)5-7-12/h10-11H,4-7,9H2,1-3H3. The first kappa shape index (κ1) is 11.5. The molecular formula is C12H21NO. The summed E-state index contributed by atoms with van der Waals surface area (Å²) >= 11 is 0. The molecule has 1 aliphatic carbocycles. The van der Waals surface area contributed by atoms with Crippen LogP contribution < -0.4 is 0 Å². The fraction of sp³-hybridized carbons (Fsp3) is 0.917. The number of hydrogen-bond donors (Lipinski definition) is 0. The summed E-state index contributed by atoms with van der Waals surface area (Å²) in [6.07, 6.45) is 4.61. The molecule has 0 radical (unpaired) electrons. The minimum absolute atomic E-state index is 0.184. The second-order valence-corrected chi connectivity index (χ2v) is 4.93. The number of nitriles is 1. The normalized spacial score (nSPS) is 32.9. The summed E-state index contributed by atoms with van der Waals surface area (Å²) in [6, 6.07) is 2.47. The van der Waals surface area contributed by atoms with Crippen LogP contribution >= 0.6 is 0 Å². The van der Waals surface area contributed by atoms with E-state index in [2.05, 4.69) is 13.0 Å². The Kier molecular flexibility index (Phi) is 3.95. The Bertz CT molecular complexity index is 209. The summed E-state index contributed by atoms with van der Waals surface area (Å²) < 4.78 is 5.59. The predicted octanol–water partition coefficient (Wildman–Crippen LogP) is 3.13. The zero-order chi connectivity index (χ0) is 10.6. The van der Waals surface area contributed by atoms with Crippen molar-refractivity contribution < 1.29 is 4.74 Å². The summed E-state index contributed by atoms with van der Waals surface area (Å²) in [5.41, 5.74) is -0.184. The maximum atomic E-state index is 9.21. The van der Waals surface area contributed by atoms with Gasteiger partial charge in [-0.05, 0) is 45.4 Å². The molecule has 1 rings (SSSR count). The van der Waals surface area contributed by atoms with E-state index in [1.807, 2.05) is 13.8 Å². The van der Waals surface area contributed by atoms with Crippen LogP contribution in [0, 0.1) is 22.7 Å². The molecule has 0 aromatic heterocycles. The van der Waals surface area contributed by atoms with E-state index in [-0.39, 0.29) is 11.5 Å². The molecule has 2 heteroatoms. The van der Waals surface area contributed by atoms with Crippen molar-refractivity contribution in [3.05, 3.63) is 0 Å². The fourth-order valence-electron chi connectivity index (χ4n) is 1.93. The van der Waals surface area contributed by atoms with Gasteiger partial charge in [0.1, 0.15) is 0 Å². The molecule has 0 amide bonds. The van der Waals surface area contributed by atoms with Gasteiger partial charge in [-0.25, -0.2) is 0 Å². The monoisotopic (exact) mass is 195 g/mol. The SMILES string of the molecule is CC1CCC(C#N)(COC(C)C)CC1. The molecular weight excluding hydrogens is 174 g/mol. The minimum atomic E-state index is -0.184. The summed E-state index contributed by atoms with van der Waals surface area (Å²) in [6.45, 7) is 6.94. The molecule has 0 bridgehead atoms. The molecule has 80 valence electrons. The lowest BCUT2D eigenvalue weighted by Crippen LogP contribution is -2.31. The largest absolute Gasteiger partial charge is 0.377 e. The van der Waals surface area contributed by atoms with E-state index in [4.69, 9.17) is 4.74 Å². The van der Waals surface area contributed by atoms with Crippen molar-refractivity contribution in [2.45, 2.75) is 52.6 Å². The maximum absolute atomic E-state index is 9.21. The first-order valence-corrected chi connectivity index (χ1v) is 5.61. The predicted molar refractivity (Wildman–Crippen MR) is 56.8 cm³/mol. The Morgan fingerprint density at radius 1 is 1.43 bits per heavy atom. The van der Waals surface area contributed by atoms with E-state index in [0.717, 1.165) is 18.8 Å². The van der Waals surface area contributed by atoms with Gasteiger partial charge in [0.05, 0.1) is 24.2 Å². The highest BCUT2D eigenvalue weighted by atomic mass is 16.5. The minimum Gasteiger partial charge on any atom is -0.377 e. The number of ether oxygens (including phenoxy) is 1. The van der Waals surface area contributed by atoms with Crippen LogP contribution in [0.15, 0.2) is 0 Å². The molecule has 0 spiro atoms. The van der Waals surface area contributed by atoms with Gasteiger partial charge in [0, 0.05) is 0 Å². The van der Waals surface area contributed by atoms with Gasteiger partial charge in [0.25, 0.3) is 0 Å². The second-order valence-electron chi connectivity index (χ2n) is 4.93. The van der Waals surface area contributed by atoms with E-state index in [1.165, 1.54) is 12.8 Å². The van der Waals surface area contributed by atoms with Crippen molar-refractivity contribution in [1.82, 2.24) is 0 Å². The van der Waals surface area contributed by atoms with Gasteiger partial charge in [-0.3, -0.25) is 0 Å². The molecule has 0 aromatic carbocycles. The quantitative estimate of drug-likeness (QED) is 0.693. The van der Waals surface area contributed by atoms with Gasteiger partial charge in [0.2, 0.25) is 0 Å². The van der Waals surface area contributed by atoms with Crippen LogP contribution in [0.4, 0.5) is 0 Å². The molecule has 0 saturated heterocycles. The van der Waals surface area contributed by atoms with Crippen molar-refractivity contribution in [2.24, 2.45) is 11.3 Å². The summed E-state index contributed by atoms with van der Waals surface area (Å²) in [5, 5.41) is 9.21. The van der Waals surface area contributed by atoms with Gasteiger partial charge in [0.15, 0.2) is 0 Å². The van der Waals surface area contributed by atoms with Crippen molar-refractivity contribution in [3.63, 3.8) is 0 Å². The summed E-state index contributed by atoms with van der Waals surface area (Å²) in [4.78, 5) is 0. The van der Waals surface area contributed by atoms with Crippen molar-refractivity contribution >= 4 is 0 Å². The molecule has 0 N–H and O–H groups in total. The Morgan fingerprint density at radius 2 is 2.00 bits per heavy atom. The molecule has 1 fully saturated rings. The average Bonchev–Trinajstić information content (AvgIpc) is 2.18. The van der Waals surface area contributed by atoms with E-state index in [0.29, 0.717) is 6.61 Å². The Labute approximate surface area is 87.3 Å². The van der Waals surface area contributed by atoms with Gasteiger partial charge >= 0.3 is 0 Å². The fourth-order valence-corrected chi connectivity index (χ4v) is 1.93. The van der Waals surface area contributed by atoms with Crippen molar-refractivity contribution in [3.8, 4) is 6.07 Å². The van der Waals surface area contributed by atoms with Crippen molar-refractivity contribution in [2.75, 3.05) is 6.61 Å². The lowest BCUT2D eigenvalue weighted by molar-refractivity contribution is 0.00989. The lowest BCUT2D eigenvalue weighted by atomic mass is 9.72. The van der Waals surface area contributed by atoms with Crippen LogP contribution in [0.1, 0.15) is 46.5 Å². The number of rotatable bonds is 3. The topological polar surface area (TPSA) is 33.0 Å².